The maximum Gasteiger partial charge on any atom is 0.254 e. The topological polar surface area (TPSA) is 80.4 Å². The van der Waals surface area contributed by atoms with Crippen LogP contribution in [-0.4, -0.2) is 23.7 Å². The fourth-order valence-corrected chi connectivity index (χ4v) is 2.73. The van der Waals surface area contributed by atoms with Gasteiger partial charge in [0.25, 0.3) is 5.91 Å². The van der Waals surface area contributed by atoms with Gasteiger partial charge in [0.2, 0.25) is 0 Å². The Morgan fingerprint density at radius 3 is 2.75 bits per heavy atom. The van der Waals surface area contributed by atoms with E-state index in [9.17, 15) is 4.79 Å². The molecule has 0 unspecified atom stereocenters. The van der Waals surface area contributed by atoms with Gasteiger partial charge in [-0.25, -0.2) is 0 Å². The average molecular weight is 270 g/mol. The van der Waals surface area contributed by atoms with Gasteiger partial charge in [-0.2, -0.15) is 0 Å². The molecule has 1 aliphatic carbocycles. The maximum atomic E-state index is 11.5. The van der Waals surface area contributed by atoms with Gasteiger partial charge in [-0.3, -0.25) is 14.8 Å². The highest BCUT2D eigenvalue weighted by Crippen LogP contribution is 2.33. The Morgan fingerprint density at radius 2 is 2.15 bits per heavy atom. The largest absolute Gasteiger partial charge is 0.400 e. The predicted molar refractivity (Wildman–Crippen MR) is 77.8 cm³/mol. The Kier molecular flexibility index (Phi) is 3.50. The van der Waals surface area contributed by atoms with Crippen molar-refractivity contribution in [3.05, 3.63) is 35.3 Å². The van der Waals surface area contributed by atoms with Crippen LogP contribution in [0.4, 0.5) is 5.69 Å². The summed E-state index contributed by atoms with van der Waals surface area (Å²) >= 11 is 0. The SMILES string of the molecule is NC1=C(C=Nc2ccc(C3CCCC3)nc2)C(=O)NC1. The quantitative estimate of drug-likeness (QED) is 0.822. The molecular weight excluding hydrogens is 252 g/mol. The molecule has 1 aliphatic heterocycles. The summed E-state index contributed by atoms with van der Waals surface area (Å²) in [5, 5.41) is 2.66. The molecule has 104 valence electrons. The molecule has 1 amide bonds. The van der Waals surface area contributed by atoms with Gasteiger partial charge < -0.3 is 11.1 Å². The standard InChI is InChI=1S/C15H18N4O/c16-13-9-19-15(20)12(13)8-17-11-5-6-14(18-7-11)10-3-1-2-4-10/h5-8,10H,1-4,9,16H2,(H,19,20). The predicted octanol–water partition coefficient (Wildman–Crippen LogP) is 1.78. The van der Waals surface area contributed by atoms with E-state index in [0.29, 0.717) is 23.7 Å². The number of amides is 1. The third-order valence-electron chi connectivity index (χ3n) is 3.92. The van der Waals surface area contributed by atoms with E-state index >= 15 is 0 Å². The molecule has 1 fully saturated rings. The molecule has 0 spiro atoms. The molecule has 3 N–H and O–H groups in total. The molecule has 0 aromatic carbocycles. The van der Waals surface area contributed by atoms with Crippen molar-refractivity contribution in [2.75, 3.05) is 6.54 Å². The Labute approximate surface area is 118 Å². The van der Waals surface area contributed by atoms with Crippen molar-refractivity contribution < 1.29 is 4.79 Å². The summed E-state index contributed by atoms with van der Waals surface area (Å²) in [6, 6.07) is 3.98. The molecule has 1 aromatic rings. The van der Waals surface area contributed by atoms with Crippen LogP contribution in [0.1, 0.15) is 37.3 Å². The molecule has 1 aromatic heterocycles. The van der Waals surface area contributed by atoms with Crippen molar-refractivity contribution in [2.45, 2.75) is 31.6 Å². The zero-order valence-electron chi connectivity index (χ0n) is 11.3. The van der Waals surface area contributed by atoms with Crippen LogP contribution in [0.2, 0.25) is 0 Å². The van der Waals surface area contributed by atoms with E-state index in [1.165, 1.54) is 31.9 Å². The molecule has 5 nitrogen and oxygen atoms in total. The monoisotopic (exact) mass is 270 g/mol. The number of hydrogen-bond acceptors (Lipinski definition) is 4. The first kappa shape index (κ1) is 12.8. The summed E-state index contributed by atoms with van der Waals surface area (Å²) in [5.41, 5.74) is 8.61. The van der Waals surface area contributed by atoms with Crippen molar-refractivity contribution in [1.29, 1.82) is 0 Å². The smallest absolute Gasteiger partial charge is 0.254 e. The lowest BCUT2D eigenvalue weighted by Gasteiger charge is -2.07. The number of aromatic nitrogens is 1. The van der Waals surface area contributed by atoms with Crippen molar-refractivity contribution in [1.82, 2.24) is 10.3 Å². The molecule has 1 saturated carbocycles. The summed E-state index contributed by atoms with van der Waals surface area (Å²) in [5.74, 6) is 0.439. The van der Waals surface area contributed by atoms with E-state index in [1.54, 1.807) is 6.20 Å². The lowest BCUT2D eigenvalue weighted by Crippen LogP contribution is -2.18. The first-order valence-electron chi connectivity index (χ1n) is 7.01. The van der Waals surface area contributed by atoms with Crippen LogP contribution in [-0.2, 0) is 4.79 Å². The molecule has 20 heavy (non-hydrogen) atoms. The first-order chi connectivity index (χ1) is 9.74. The molecule has 0 saturated heterocycles. The molecular formula is C15H18N4O. The highest BCUT2D eigenvalue weighted by Gasteiger charge is 2.19. The number of nitrogens with one attached hydrogen (secondary N) is 1. The zero-order chi connectivity index (χ0) is 13.9. The summed E-state index contributed by atoms with van der Waals surface area (Å²) in [6.07, 6.45) is 8.35. The highest BCUT2D eigenvalue weighted by atomic mass is 16.1. The minimum Gasteiger partial charge on any atom is -0.400 e. The number of carbonyl (C=O) groups is 1. The fourth-order valence-electron chi connectivity index (χ4n) is 2.73. The van der Waals surface area contributed by atoms with Gasteiger partial charge in [0.05, 0.1) is 24.0 Å². The Morgan fingerprint density at radius 1 is 1.35 bits per heavy atom. The average Bonchev–Trinajstić information content (AvgIpc) is 3.09. The van der Waals surface area contributed by atoms with E-state index in [0.717, 1.165) is 11.4 Å². The first-order valence-corrected chi connectivity index (χ1v) is 7.01. The van der Waals surface area contributed by atoms with E-state index in [4.69, 9.17) is 5.73 Å². The van der Waals surface area contributed by atoms with Gasteiger partial charge in [0, 0.05) is 23.5 Å². The molecule has 0 radical (unpaired) electrons. The van der Waals surface area contributed by atoms with Crippen molar-refractivity contribution in [3.8, 4) is 0 Å². The van der Waals surface area contributed by atoms with Crippen LogP contribution in [0.3, 0.4) is 0 Å². The van der Waals surface area contributed by atoms with E-state index < -0.39 is 0 Å². The summed E-state index contributed by atoms with van der Waals surface area (Å²) < 4.78 is 0. The second kappa shape index (κ2) is 5.45. The number of pyridine rings is 1. The van der Waals surface area contributed by atoms with Crippen molar-refractivity contribution >= 4 is 17.8 Å². The number of hydrogen-bond donors (Lipinski definition) is 2. The maximum absolute atomic E-state index is 11.5. The third-order valence-corrected chi connectivity index (χ3v) is 3.92. The number of aliphatic imine (C=N–C) groups is 1. The molecule has 3 rings (SSSR count). The van der Waals surface area contributed by atoms with Gasteiger partial charge >= 0.3 is 0 Å². The molecule has 2 heterocycles. The second-order valence-corrected chi connectivity index (χ2v) is 5.30. The van der Waals surface area contributed by atoms with Crippen LogP contribution < -0.4 is 11.1 Å². The normalized spacial score (nSPS) is 20.1. The molecule has 0 bridgehead atoms. The number of rotatable bonds is 3. The molecule has 0 atom stereocenters. The van der Waals surface area contributed by atoms with Crippen LogP contribution in [0.25, 0.3) is 0 Å². The van der Waals surface area contributed by atoms with E-state index in [2.05, 4.69) is 15.3 Å². The van der Waals surface area contributed by atoms with Gasteiger partial charge in [-0.15, -0.1) is 0 Å². The summed E-state index contributed by atoms with van der Waals surface area (Å²) in [7, 11) is 0. The Balaban J connectivity index is 1.72. The van der Waals surface area contributed by atoms with Gasteiger partial charge in [0.1, 0.15) is 0 Å². The van der Waals surface area contributed by atoms with Crippen LogP contribution in [0.5, 0.6) is 0 Å². The Bertz CT molecular complexity index is 568. The van der Waals surface area contributed by atoms with E-state index in [-0.39, 0.29) is 5.91 Å². The number of nitrogens with two attached hydrogens (primary N) is 1. The Hall–Kier alpha value is -2.17. The van der Waals surface area contributed by atoms with Crippen LogP contribution in [0.15, 0.2) is 34.6 Å². The zero-order valence-corrected chi connectivity index (χ0v) is 11.3. The lowest BCUT2D eigenvalue weighted by molar-refractivity contribution is -0.116. The van der Waals surface area contributed by atoms with Gasteiger partial charge in [-0.05, 0) is 25.0 Å². The molecule has 2 aliphatic rings. The second-order valence-electron chi connectivity index (χ2n) is 5.30. The van der Waals surface area contributed by atoms with Gasteiger partial charge in [0.15, 0.2) is 0 Å². The highest BCUT2D eigenvalue weighted by molar-refractivity contribution is 6.15. The van der Waals surface area contributed by atoms with Crippen LogP contribution >= 0.6 is 0 Å². The number of carbonyl (C=O) groups excluding carboxylic acids is 1. The van der Waals surface area contributed by atoms with Crippen LogP contribution in [0, 0.1) is 0 Å². The summed E-state index contributed by atoms with van der Waals surface area (Å²) in [6.45, 7) is 0.402. The summed E-state index contributed by atoms with van der Waals surface area (Å²) in [4.78, 5) is 20.2. The fraction of sp³-hybridized carbons (Fsp3) is 0.400. The van der Waals surface area contributed by atoms with Gasteiger partial charge in [-0.1, -0.05) is 12.8 Å². The van der Waals surface area contributed by atoms with Crippen molar-refractivity contribution in [2.24, 2.45) is 10.7 Å². The minimum absolute atomic E-state index is 0.165. The third kappa shape index (κ3) is 2.57. The van der Waals surface area contributed by atoms with Crippen molar-refractivity contribution in [3.63, 3.8) is 0 Å². The number of nitrogens with zero attached hydrogens (tertiary/aromatic N) is 2. The van der Waals surface area contributed by atoms with E-state index in [1.807, 2.05) is 12.1 Å². The molecule has 5 heteroatoms. The minimum atomic E-state index is -0.165. The lowest BCUT2D eigenvalue weighted by atomic mass is 10.0.